The number of phenols is 1. The molecule has 4 amide bonds. The van der Waals surface area contributed by atoms with Crippen molar-refractivity contribution in [2.24, 2.45) is 5.92 Å². The van der Waals surface area contributed by atoms with Gasteiger partial charge in [0.05, 0.1) is 7.11 Å². The van der Waals surface area contributed by atoms with Crippen LogP contribution in [0.25, 0.3) is 0 Å². The number of phenolic OH excluding ortho intramolecular Hbond substituents is 1. The molecule has 0 atom stereocenters. The molecule has 0 spiro atoms. The molecule has 1 saturated heterocycles. The third-order valence-electron chi connectivity index (χ3n) is 3.51. The molecule has 1 N–H and O–H groups in total. The normalized spacial score (nSPS) is 16.6. The van der Waals surface area contributed by atoms with Crippen LogP contribution in [0.2, 0.25) is 0 Å². The summed E-state index contributed by atoms with van der Waals surface area (Å²) in [6, 6.07) is 4.02. The fraction of sp³-hybridized carbons (Fsp3) is 0.357. The number of carbonyl (C=O) groups is 3. The Hall–Kier alpha value is -2.57. The summed E-state index contributed by atoms with van der Waals surface area (Å²) in [5, 5.41) is 9.73. The fourth-order valence-corrected chi connectivity index (χ4v) is 2.26. The SMILES string of the molecule is COc1ccc(CC2C(=O)N(C)C(=O)N(C)C2=O)cc1O. The van der Waals surface area contributed by atoms with Crippen LogP contribution in [0.3, 0.4) is 0 Å². The molecule has 0 aromatic heterocycles. The maximum Gasteiger partial charge on any atom is 0.332 e. The Bertz CT molecular complexity index is 589. The predicted molar refractivity (Wildman–Crippen MR) is 72.8 cm³/mol. The van der Waals surface area contributed by atoms with Gasteiger partial charge < -0.3 is 9.84 Å². The van der Waals surface area contributed by atoms with E-state index in [0.717, 1.165) is 9.80 Å². The first-order valence-electron chi connectivity index (χ1n) is 6.31. The highest BCUT2D eigenvalue weighted by molar-refractivity contribution is 6.15. The zero-order chi connectivity index (χ0) is 15.7. The molecule has 1 aromatic carbocycles. The van der Waals surface area contributed by atoms with Crippen LogP contribution in [0.15, 0.2) is 18.2 Å². The summed E-state index contributed by atoms with van der Waals surface area (Å²) in [5.41, 5.74) is 0.608. The van der Waals surface area contributed by atoms with E-state index >= 15 is 0 Å². The Balaban J connectivity index is 2.25. The van der Waals surface area contributed by atoms with Crippen LogP contribution in [0.5, 0.6) is 11.5 Å². The van der Waals surface area contributed by atoms with Gasteiger partial charge in [-0.15, -0.1) is 0 Å². The molecule has 112 valence electrons. The molecular weight excluding hydrogens is 276 g/mol. The van der Waals surface area contributed by atoms with E-state index in [1.807, 2.05) is 0 Å². The van der Waals surface area contributed by atoms with Gasteiger partial charge in [-0.2, -0.15) is 0 Å². The lowest BCUT2D eigenvalue weighted by Gasteiger charge is -2.32. The van der Waals surface area contributed by atoms with Crippen molar-refractivity contribution in [1.29, 1.82) is 0 Å². The molecule has 1 aliphatic rings. The summed E-state index contributed by atoms with van der Waals surface area (Å²) in [6.07, 6.45) is 0.108. The highest BCUT2D eigenvalue weighted by atomic mass is 16.5. The van der Waals surface area contributed by atoms with E-state index in [9.17, 15) is 19.5 Å². The van der Waals surface area contributed by atoms with Crippen molar-refractivity contribution in [2.75, 3.05) is 21.2 Å². The predicted octanol–water partition coefficient (Wildman–Crippen LogP) is 0.610. The van der Waals surface area contributed by atoms with Gasteiger partial charge in [0.2, 0.25) is 11.8 Å². The maximum absolute atomic E-state index is 12.1. The van der Waals surface area contributed by atoms with Crippen molar-refractivity contribution < 1.29 is 24.2 Å². The van der Waals surface area contributed by atoms with Crippen LogP contribution in [0.4, 0.5) is 4.79 Å². The molecular formula is C14H16N2O5. The summed E-state index contributed by atoms with van der Waals surface area (Å²) in [6.45, 7) is 0. The molecule has 0 aliphatic carbocycles. The van der Waals surface area contributed by atoms with Gasteiger partial charge in [0, 0.05) is 14.1 Å². The van der Waals surface area contributed by atoms with Crippen LogP contribution >= 0.6 is 0 Å². The zero-order valence-electron chi connectivity index (χ0n) is 12.0. The van der Waals surface area contributed by atoms with Gasteiger partial charge in [-0.25, -0.2) is 4.79 Å². The number of rotatable bonds is 3. The van der Waals surface area contributed by atoms with Crippen molar-refractivity contribution >= 4 is 17.8 Å². The lowest BCUT2D eigenvalue weighted by atomic mass is 9.95. The minimum Gasteiger partial charge on any atom is -0.504 e. The Morgan fingerprint density at radius 3 is 2.19 bits per heavy atom. The number of nitrogens with zero attached hydrogens (tertiary/aromatic N) is 2. The lowest BCUT2D eigenvalue weighted by molar-refractivity contribution is -0.147. The molecule has 0 saturated carbocycles. The van der Waals surface area contributed by atoms with E-state index in [2.05, 4.69) is 0 Å². The number of carbonyl (C=O) groups excluding carboxylic acids is 3. The number of aromatic hydroxyl groups is 1. The van der Waals surface area contributed by atoms with E-state index in [1.165, 1.54) is 27.3 Å². The minimum atomic E-state index is -0.967. The Kier molecular flexibility index (Phi) is 3.84. The average molecular weight is 292 g/mol. The van der Waals surface area contributed by atoms with E-state index in [0.29, 0.717) is 11.3 Å². The lowest BCUT2D eigenvalue weighted by Crippen LogP contribution is -2.57. The molecule has 1 aliphatic heterocycles. The maximum atomic E-state index is 12.1. The quantitative estimate of drug-likeness (QED) is 0.825. The summed E-state index contributed by atoms with van der Waals surface area (Å²) in [5.74, 6) is -1.81. The second kappa shape index (κ2) is 5.43. The Labute approximate surface area is 121 Å². The molecule has 7 nitrogen and oxygen atoms in total. The molecule has 1 fully saturated rings. The van der Waals surface area contributed by atoms with E-state index in [-0.39, 0.29) is 12.2 Å². The number of amides is 4. The van der Waals surface area contributed by atoms with Gasteiger partial charge in [-0.1, -0.05) is 6.07 Å². The van der Waals surface area contributed by atoms with Gasteiger partial charge >= 0.3 is 6.03 Å². The van der Waals surface area contributed by atoms with Gasteiger partial charge in [-0.05, 0) is 24.1 Å². The first-order valence-corrected chi connectivity index (χ1v) is 6.31. The monoisotopic (exact) mass is 292 g/mol. The number of methoxy groups -OCH3 is 1. The first kappa shape index (κ1) is 14.8. The first-order chi connectivity index (χ1) is 9.86. The van der Waals surface area contributed by atoms with Crippen LogP contribution < -0.4 is 4.74 Å². The summed E-state index contributed by atoms with van der Waals surface area (Å²) >= 11 is 0. The number of hydrogen-bond acceptors (Lipinski definition) is 5. The van der Waals surface area contributed by atoms with Crippen LogP contribution in [-0.4, -0.2) is 54.0 Å². The van der Waals surface area contributed by atoms with Gasteiger partial charge in [0.15, 0.2) is 11.5 Å². The molecule has 0 unspecified atom stereocenters. The number of benzene rings is 1. The summed E-state index contributed by atoms with van der Waals surface area (Å²) in [7, 11) is 4.11. The highest BCUT2D eigenvalue weighted by Crippen LogP contribution is 2.28. The standard InChI is InChI=1S/C14H16N2O5/c1-15-12(18)9(13(19)16(2)14(15)20)6-8-4-5-11(21-3)10(17)7-8/h4-5,7,9,17H,6H2,1-3H3. The number of barbiturate groups is 1. The second-order valence-electron chi connectivity index (χ2n) is 4.84. The van der Waals surface area contributed by atoms with Gasteiger partial charge in [0.1, 0.15) is 5.92 Å². The van der Waals surface area contributed by atoms with Crippen LogP contribution in [-0.2, 0) is 16.0 Å². The van der Waals surface area contributed by atoms with Crippen molar-refractivity contribution in [1.82, 2.24) is 9.80 Å². The third-order valence-corrected chi connectivity index (χ3v) is 3.51. The molecule has 1 heterocycles. The minimum absolute atomic E-state index is 0.0662. The number of ether oxygens (including phenoxy) is 1. The topological polar surface area (TPSA) is 87.2 Å². The second-order valence-corrected chi connectivity index (χ2v) is 4.84. The number of urea groups is 1. The van der Waals surface area contributed by atoms with E-state index < -0.39 is 23.8 Å². The largest absolute Gasteiger partial charge is 0.504 e. The highest BCUT2D eigenvalue weighted by Gasteiger charge is 2.42. The van der Waals surface area contributed by atoms with Crippen molar-refractivity contribution in [3.8, 4) is 11.5 Å². The zero-order valence-corrected chi connectivity index (χ0v) is 12.0. The average Bonchev–Trinajstić information content (AvgIpc) is 2.48. The smallest absolute Gasteiger partial charge is 0.332 e. The third kappa shape index (κ3) is 2.54. The van der Waals surface area contributed by atoms with Gasteiger partial charge in [-0.3, -0.25) is 19.4 Å². The van der Waals surface area contributed by atoms with E-state index in [1.54, 1.807) is 12.1 Å². The van der Waals surface area contributed by atoms with Crippen LogP contribution in [0, 0.1) is 5.92 Å². The number of imide groups is 2. The summed E-state index contributed by atoms with van der Waals surface area (Å²) < 4.78 is 4.94. The molecule has 0 radical (unpaired) electrons. The molecule has 21 heavy (non-hydrogen) atoms. The molecule has 1 aromatic rings. The van der Waals surface area contributed by atoms with Crippen molar-refractivity contribution in [2.45, 2.75) is 6.42 Å². The Morgan fingerprint density at radius 1 is 1.14 bits per heavy atom. The van der Waals surface area contributed by atoms with Crippen molar-refractivity contribution in [3.05, 3.63) is 23.8 Å². The fourth-order valence-electron chi connectivity index (χ4n) is 2.26. The Morgan fingerprint density at radius 2 is 1.71 bits per heavy atom. The van der Waals surface area contributed by atoms with E-state index in [4.69, 9.17) is 4.74 Å². The summed E-state index contributed by atoms with van der Waals surface area (Å²) in [4.78, 5) is 37.6. The van der Waals surface area contributed by atoms with Gasteiger partial charge in [0.25, 0.3) is 0 Å². The van der Waals surface area contributed by atoms with Crippen LogP contribution in [0.1, 0.15) is 5.56 Å². The molecule has 7 heteroatoms. The van der Waals surface area contributed by atoms with Crippen molar-refractivity contribution in [3.63, 3.8) is 0 Å². The molecule has 2 rings (SSSR count). The molecule has 0 bridgehead atoms. The number of hydrogen-bond donors (Lipinski definition) is 1.